The fourth-order valence-electron chi connectivity index (χ4n) is 4.82. The first-order chi connectivity index (χ1) is 18.5. The monoisotopic (exact) mass is 575 g/mol. The summed E-state index contributed by atoms with van der Waals surface area (Å²) >= 11 is 7.12. The van der Waals surface area contributed by atoms with Crippen LogP contribution in [0.5, 0.6) is 0 Å². The molecule has 1 fully saturated rings. The van der Waals surface area contributed by atoms with Gasteiger partial charge in [0.1, 0.15) is 0 Å². The van der Waals surface area contributed by atoms with Gasteiger partial charge in [0.15, 0.2) is 5.17 Å². The molecule has 5 rings (SSSR count). The van der Waals surface area contributed by atoms with Crippen molar-refractivity contribution in [2.45, 2.75) is 38.5 Å². The molecule has 39 heavy (non-hydrogen) atoms. The molecule has 0 N–H and O–H groups in total. The van der Waals surface area contributed by atoms with Crippen LogP contribution in [-0.4, -0.2) is 62.7 Å². The number of hydrogen-bond donors (Lipinski definition) is 0. The number of carbonyl (C=O) groups is 2. The van der Waals surface area contributed by atoms with Gasteiger partial charge in [-0.05, 0) is 66.1 Å². The molecule has 12 heteroatoms. The van der Waals surface area contributed by atoms with E-state index >= 15 is 0 Å². The molecule has 2 aromatic carbocycles. The zero-order valence-corrected chi connectivity index (χ0v) is 22.8. The number of nitrogens with zero attached hydrogens (tertiary/aromatic N) is 5. The van der Waals surface area contributed by atoms with Crippen LogP contribution in [0.1, 0.15) is 36.5 Å². The first-order valence-corrected chi connectivity index (χ1v) is 13.5. The van der Waals surface area contributed by atoms with Crippen LogP contribution in [0.25, 0.3) is 17.0 Å². The van der Waals surface area contributed by atoms with Gasteiger partial charge in [0.25, 0.3) is 5.91 Å². The summed E-state index contributed by atoms with van der Waals surface area (Å²) < 4.78 is 42.1. The van der Waals surface area contributed by atoms with Gasteiger partial charge in [-0.15, -0.1) is 0 Å². The molecule has 0 bridgehead atoms. The van der Waals surface area contributed by atoms with Gasteiger partial charge >= 0.3 is 6.18 Å². The second-order valence-corrected chi connectivity index (χ2v) is 11.0. The second-order valence-electron chi connectivity index (χ2n) is 9.58. The van der Waals surface area contributed by atoms with Crippen molar-refractivity contribution < 1.29 is 22.8 Å². The standard InChI is InChI=1S/C27H25ClF3N5O2S/c1-16(37)34(2)21-7-9-35(10-8-21)26-33-25(38)24(39-26)12-17-3-6-23-19(11-17)14-32-36(23)15-18-4-5-20(28)13-22(18)27(29,30)31/h3-6,11-14,21H,7-10,15H2,1-2H3. The Balaban J connectivity index is 1.29. The van der Waals surface area contributed by atoms with Crippen LogP contribution in [0, 0.1) is 0 Å². The second kappa shape index (κ2) is 10.7. The maximum atomic E-state index is 13.5. The van der Waals surface area contributed by atoms with Crippen molar-refractivity contribution in [3.05, 3.63) is 69.2 Å². The highest BCUT2D eigenvalue weighted by atomic mass is 35.5. The molecule has 0 aliphatic carbocycles. The van der Waals surface area contributed by atoms with Crippen molar-refractivity contribution in [2.24, 2.45) is 4.99 Å². The minimum absolute atomic E-state index is 0.0191. The summed E-state index contributed by atoms with van der Waals surface area (Å²) in [7, 11) is 1.81. The maximum absolute atomic E-state index is 13.5. The molecule has 3 heterocycles. The van der Waals surface area contributed by atoms with Gasteiger partial charge in [-0.3, -0.25) is 14.3 Å². The number of amides is 2. The number of thioether (sulfide) groups is 1. The minimum Gasteiger partial charge on any atom is -0.351 e. The number of amidine groups is 1. The highest BCUT2D eigenvalue weighted by molar-refractivity contribution is 8.18. The van der Waals surface area contributed by atoms with Crippen molar-refractivity contribution in [3.63, 3.8) is 0 Å². The number of rotatable bonds is 4. The van der Waals surface area contributed by atoms with Crippen molar-refractivity contribution in [1.82, 2.24) is 19.6 Å². The average molecular weight is 576 g/mol. The molecule has 1 saturated heterocycles. The Morgan fingerprint density at radius 1 is 1.21 bits per heavy atom. The molecule has 0 spiro atoms. The molecule has 0 atom stereocenters. The van der Waals surface area contributed by atoms with Crippen LogP contribution in [-0.2, 0) is 22.3 Å². The van der Waals surface area contributed by atoms with Gasteiger partial charge in [0.05, 0.1) is 28.7 Å². The van der Waals surface area contributed by atoms with E-state index in [-0.39, 0.29) is 35.0 Å². The molecule has 1 aromatic heterocycles. The first-order valence-electron chi connectivity index (χ1n) is 12.3. The normalized spacial score (nSPS) is 17.8. The number of piperidine rings is 1. The fraction of sp³-hybridized carbons (Fsp3) is 0.333. The zero-order chi connectivity index (χ0) is 27.9. The number of likely N-dealkylation sites (tertiary alicyclic amines) is 1. The van der Waals surface area contributed by atoms with E-state index in [0.29, 0.717) is 28.7 Å². The molecule has 2 amide bonds. The number of carbonyl (C=O) groups excluding carboxylic acids is 2. The van der Waals surface area contributed by atoms with Crippen molar-refractivity contribution >= 4 is 57.3 Å². The lowest BCUT2D eigenvalue weighted by Crippen LogP contribution is -2.46. The van der Waals surface area contributed by atoms with Crippen molar-refractivity contribution in [1.29, 1.82) is 0 Å². The molecular formula is C27H25ClF3N5O2S. The quantitative estimate of drug-likeness (QED) is 0.375. The lowest BCUT2D eigenvalue weighted by atomic mass is 10.0. The molecule has 7 nitrogen and oxygen atoms in total. The van der Waals surface area contributed by atoms with Crippen LogP contribution >= 0.6 is 23.4 Å². The largest absolute Gasteiger partial charge is 0.416 e. The molecule has 2 aliphatic rings. The third-order valence-electron chi connectivity index (χ3n) is 7.05. The molecule has 0 unspecified atom stereocenters. The number of aromatic nitrogens is 2. The van der Waals surface area contributed by atoms with Gasteiger partial charge in [0.2, 0.25) is 5.91 Å². The van der Waals surface area contributed by atoms with E-state index in [1.807, 2.05) is 13.1 Å². The molecule has 204 valence electrons. The lowest BCUT2D eigenvalue weighted by Gasteiger charge is -2.36. The van der Waals surface area contributed by atoms with E-state index in [2.05, 4.69) is 15.0 Å². The third kappa shape index (κ3) is 5.84. The minimum atomic E-state index is -4.53. The molecule has 2 aliphatic heterocycles. The Kier molecular flexibility index (Phi) is 7.47. The van der Waals surface area contributed by atoms with E-state index < -0.39 is 11.7 Å². The zero-order valence-electron chi connectivity index (χ0n) is 21.2. The summed E-state index contributed by atoms with van der Waals surface area (Å²) in [6.45, 7) is 2.91. The number of alkyl halides is 3. The predicted octanol–water partition coefficient (Wildman–Crippen LogP) is 5.67. The summed E-state index contributed by atoms with van der Waals surface area (Å²) in [6, 6.07) is 9.32. The number of benzene rings is 2. The smallest absolute Gasteiger partial charge is 0.351 e. The molecule has 0 saturated carbocycles. The van der Waals surface area contributed by atoms with Crippen LogP contribution in [0.3, 0.4) is 0 Å². The highest BCUT2D eigenvalue weighted by Crippen LogP contribution is 2.35. The van der Waals surface area contributed by atoms with Crippen molar-refractivity contribution in [2.75, 3.05) is 20.1 Å². The predicted molar refractivity (Wildman–Crippen MR) is 146 cm³/mol. The van der Waals surface area contributed by atoms with Crippen LogP contribution in [0.2, 0.25) is 5.02 Å². The lowest BCUT2D eigenvalue weighted by molar-refractivity contribution is -0.138. The summed E-state index contributed by atoms with van der Waals surface area (Å²) in [6.07, 6.45) is 0.440. The van der Waals surface area contributed by atoms with Gasteiger partial charge in [-0.1, -0.05) is 23.7 Å². The number of fused-ring (bicyclic) bond motifs is 1. The average Bonchev–Trinajstić information content (AvgIpc) is 3.46. The molecule has 0 radical (unpaired) electrons. The van der Waals surface area contributed by atoms with E-state index in [0.717, 1.165) is 29.9 Å². The van der Waals surface area contributed by atoms with E-state index in [9.17, 15) is 22.8 Å². The Morgan fingerprint density at radius 2 is 1.95 bits per heavy atom. The van der Waals surface area contributed by atoms with E-state index in [1.54, 1.807) is 36.2 Å². The van der Waals surface area contributed by atoms with Gasteiger partial charge in [-0.2, -0.15) is 23.3 Å². The van der Waals surface area contributed by atoms with Gasteiger partial charge in [0, 0.05) is 43.5 Å². The van der Waals surface area contributed by atoms with Crippen molar-refractivity contribution in [3.8, 4) is 0 Å². The summed E-state index contributed by atoms with van der Waals surface area (Å²) in [5.74, 6) is -0.267. The summed E-state index contributed by atoms with van der Waals surface area (Å²) in [5, 5.41) is 5.71. The Labute approximate surface area is 232 Å². The number of halogens is 4. The van der Waals surface area contributed by atoms with Crippen LogP contribution in [0.15, 0.2) is 52.5 Å². The van der Waals surface area contributed by atoms with E-state index in [4.69, 9.17) is 11.6 Å². The first kappa shape index (κ1) is 27.3. The van der Waals surface area contributed by atoms with E-state index in [1.165, 1.54) is 28.6 Å². The Bertz CT molecular complexity index is 1510. The van der Waals surface area contributed by atoms with Gasteiger partial charge < -0.3 is 9.80 Å². The molecule has 3 aromatic rings. The van der Waals surface area contributed by atoms with Gasteiger partial charge in [-0.25, -0.2) is 0 Å². The maximum Gasteiger partial charge on any atom is 0.416 e. The summed E-state index contributed by atoms with van der Waals surface area (Å²) in [5.41, 5.74) is 0.708. The number of hydrogen-bond acceptors (Lipinski definition) is 5. The topological polar surface area (TPSA) is 70.8 Å². The SMILES string of the molecule is CC(=O)N(C)C1CCN(C2=NC(=O)C(=Cc3ccc4c(cnn4Cc4ccc(Cl)cc4C(F)(F)F)c3)S2)CC1. The Hall–Kier alpha value is -3.31. The third-order valence-corrected chi connectivity index (χ3v) is 8.33. The Morgan fingerprint density at radius 3 is 2.64 bits per heavy atom. The molecular weight excluding hydrogens is 551 g/mol. The number of aliphatic imine (C=N–C) groups is 1. The van der Waals surface area contributed by atoms with Crippen LogP contribution in [0.4, 0.5) is 13.2 Å². The highest BCUT2D eigenvalue weighted by Gasteiger charge is 2.34. The van der Waals surface area contributed by atoms with Crippen LogP contribution < -0.4 is 0 Å². The fourth-order valence-corrected chi connectivity index (χ4v) is 5.96. The summed E-state index contributed by atoms with van der Waals surface area (Å²) in [4.78, 5) is 32.9.